The smallest absolute Gasteiger partial charge is 0.0472 e. The maximum absolute atomic E-state index is 5.51. The van der Waals surface area contributed by atoms with E-state index in [9.17, 15) is 0 Å². The average molecular weight is 257 g/mol. The van der Waals surface area contributed by atoms with Crippen LogP contribution in [0.2, 0.25) is 0 Å². The first-order chi connectivity index (χ1) is 8.58. The van der Waals surface area contributed by atoms with E-state index in [1.807, 2.05) is 0 Å². The second-order valence-electron chi connectivity index (χ2n) is 6.04. The molecule has 0 atom stereocenters. The van der Waals surface area contributed by atoms with Gasteiger partial charge in [0.05, 0.1) is 0 Å². The minimum absolute atomic E-state index is 0.417. The molecule has 1 aliphatic rings. The van der Waals surface area contributed by atoms with Gasteiger partial charge in [-0.1, -0.05) is 0 Å². The molecule has 108 valence electrons. The zero-order chi connectivity index (χ0) is 13.4. The monoisotopic (exact) mass is 257 g/mol. The fraction of sp³-hybridized carbons (Fsp3) is 1.00. The molecule has 0 bridgehead atoms. The standard InChI is InChI=1S/C14H31N3O/c1-15-12-14(6-10-18-11-7-14)13-17(4)9-5-8-16(2)3/h15H,5-13H2,1-4H3. The first-order valence-corrected chi connectivity index (χ1v) is 7.14. The summed E-state index contributed by atoms with van der Waals surface area (Å²) in [6.07, 6.45) is 3.62. The lowest BCUT2D eigenvalue weighted by atomic mass is 9.79. The summed E-state index contributed by atoms with van der Waals surface area (Å²) in [5.74, 6) is 0. The number of hydrogen-bond donors (Lipinski definition) is 1. The van der Waals surface area contributed by atoms with Crippen molar-refractivity contribution < 1.29 is 4.74 Å². The van der Waals surface area contributed by atoms with Crippen molar-refractivity contribution in [3.8, 4) is 0 Å². The molecule has 1 aliphatic heterocycles. The van der Waals surface area contributed by atoms with Crippen LogP contribution in [0, 0.1) is 5.41 Å². The van der Waals surface area contributed by atoms with Crippen molar-refractivity contribution in [3.05, 3.63) is 0 Å². The Morgan fingerprint density at radius 2 is 1.78 bits per heavy atom. The molecular weight excluding hydrogens is 226 g/mol. The molecule has 18 heavy (non-hydrogen) atoms. The van der Waals surface area contributed by atoms with Gasteiger partial charge in [0, 0.05) is 26.3 Å². The number of nitrogens with zero attached hydrogens (tertiary/aromatic N) is 2. The zero-order valence-electron chi connectivity index (χ0n) is 12.7. The summed E-state index contributed by atoms with van der Waals surface area (Å²) in [5.41, 5.74) is 0.417. The van der Waals surface area contributed by atoms with Crippen LogP contribution in [-0.2, 0) is 4.74 Å². The molecule has 4 nitrogen and oxygen atoms in total. The maximum atomic E-state index is 5.51. The zero-order valence-corrected chi connectivity index (χ0v) is 12.7. The molecule has 0 aliphatic carbocycles. The van der Waals surface area contributed by atoms with Gasteiger partial charge >= 0.3 is 0 Å². The fourth-order valence-corrected chi connectivity index (χ4v) is 2.88. The van der Waals surface area contributed by atoms with E-state index in [-0.39, 0.29) is 0 Å². The molecule has 1 heterocycles. The third kappa shape index (κ3) is 5.65. The third-order valence-electron chi connectivity index (χ3n) is 3.86. The van der Waals surface area contributed by atoms with Gasteiger partial charge in [-0.15, -0.1) is 0 Å². The summed E-state index contributed by atoms with van der Waals surface area (Å²) in [6.45, 7) is 6.50. The van der Waals surface area contributed by atoms with Crippen LogP contribution in [0.1, 0.15) is 19.3 Å². The van der Waals surface area contributed by atoms with Crippen LogP contribution < -0.4 is 5.32 Å². The van der Waals surface area contributed by atoms with E-state index < -0.39 is 0 Å². The molecule has 0 radical (unpaired) electrons. The fourth-order valence-electron chi connectivity index (χ4n) is 2.88. The number of hydrogen-bond acceptors (Lipinski definition) is 4. The Hall–Kier alpha value is -0.160. The minimum Gasteiger partial charge on any atom is -0.381 e. The summed E-state index contributed by atoms with van der Waals surface area (Å²) in [5, 5.41) is 3.37. The lowest BCUT2D eigenvalue weighted by Gasteiger charge is -2.40. The van der Waals surface area contributed by atoms with Gasteiger partial charge in [-0.2, -0.15) is 0 Å². The van der Waals surface area contributed by atoms with Crippen LogP contribution in [0.4, 0.5) is 0 Å². The summed E-state index contributed by atoms with van der Waals surface area (Å²) in [7, 11) is 8.59. The first-order valence-electron chi connectivity index (χ1n) is 7.14. The van der Waals surface area contributed by atoms with Crippen molar-refractivity contribution in [1.29, 1.82) is 0 Å². The van der Waals surface area contributed by atoms with Crippen molar-refractivity contribution in [2.24, 2.45) is 5.41 Å². The van der Waals surface area contributed by atoms with Gasteiger partial charge in [0.1, 0.15) is 0 Å². The number of nitrogens with one attached hydrogen (secondary N) is 1. The van der Waals surface area contributed by atoms with Crippen molar-refractivity contribution in [2.45, 2.75) is 19.3 Å². The molecular formula is C14H31N3O. The molecule has 4 heteroatoms. The van der Waals surface area contributed by atoms with Crippen molar-refractivity contribution in [2.75, 3.05) is 67.6 Å². The van der Waals surface area contributed by atoms with E-state index in [1.54, 1.807) is 0 Å². The lowest BCUT2D eigenvalue weighted by Crippen LogP contribution is -2.46. The second kappa shape index (κ2) is 8.10. The average Bonchev–Trinajstić information content (AvgIpc) is 2.29. The van der Waals surface area contributed by atoms with E-state index in [0.717, 1.165) is 19.8 Å². The molecule has 1 saturated heterocycles. The highest BCUT2D eigenvalue weighted by Crippen LogP contribution is 2.30. The van der Waals surface area contributed by atoms with Gasteiger partial charge in [0.25, 0.3) is 0 Å². The van der Waals surface area contributed by atoms with Gasteiger partial charge in [-0.05, 0) is 66.0 Å². The summed E-state index contributed by atoms with van der Waals surface area (Å²) in [6, 6.07) is 0. The second-order valence-corrected chi connectivity index (χ2v) is 6.04. The predicted molar refractivity (Wildman–Crippen MR) is 77.1 cm³/mol. The molecule has 0 saturated carbocycles. The molecule has 1 rings (SSSR count). The van der Waals surface area contributed by atoms with Crippen LogP contribution in [0.15, 0.2) is 0 Å². The Morgan fingerprint density at radius 1 is 1.11 bits per heavy atom. The quantitative estimate of drug-likeness (QED) is 0.699. The SMILES string of the molecule is CNCC1(CN(C)CCCN(C)C)CCOCC1. The van der Waals surface area contributed by atoms with Gasteiger partial charge < -0.3 is 19.9 Å². The van der Waals surface area contributed by atoms with Crippen LogP contribution in [0.3, 0.4) is 0 Å². The summed E-state index contributed by atoms with van der Waals surface area (Å²) >= 11 is 0. The van der Waals surface area contributed by atoms with Crippen molar-refractivity contribution in [1.82, 2.24) is 15.1 Å². The van der Waals surface area contributed by atoms with E-state index in [1.165, 1.54) is 38.9 Å². The van der Waals surface area contributed by atoms with Crippen molar-refractivity contribution in [3.63, 3.8) is 0 Å². The molecule has 0 aromatic heterocycles. The Bertz CT molecular complexity index is 210. The van der Waals surface area contributed by atoms with E-state index in [2.05, 4.69) is 43.3 Å². The summed E-state index contributed by atoms with van der Waals surface area (Å²) < 4.78 is 5.51. The van der Waals surface area contributed by atoms with Crippen molar-refractivity contribution >= 4 is 0 Å². The van der Waals surface area contributed by atoms with E-state index in [4.69, 9.17) is 4.74 Å². The molecule has 0 spiro atoms. The Labute approximate surface area is 113 Å². The molecule has 0 amide bonds. The van der Waals surface area contributed by atoms with Gasteiger partial charge in [-0.3, -0.25) is 0 Å². The molecule has 0 unspecified atom stereocenters. The number of rotatable bonds is 8. The summed E-state index contributed by atoms with van der Waals surface area (Å²) in [4.78, 5) is 4.75. The molecule has 0 aromatic rings. The Balaban J connectivity index is 2.35. The molecule has 1 N–H and O–H groups in total. The van der Waals surface area contributed by atoms with Crippen LogP contribution in [-0.4, -0.2) is 77.4 Å². The van der Waals surface area contributed by atoms with Crippen LogP contribution in [0.5, 0.6) is 0 Å². The highest BCUT2D eigenvalue weighted by atomic mass is 16.5. The predicted octanol–water partition coefficient (Wildman–Crippen LogP) is 0.886. The molecule has 1 fully saturated rings. The van der Waals surface area contributed by atoms with Gasteiger partial charge in [0.2, 0.25) is 0 Å². The normalized spacial score (nSPS) is 19.7. The highest BCUT2D eigenvalue weighted by molar-refractivity contribution is 4.86. The topological polar surface area (TPSA) is 27.7 Å². The maximum Gasteiger partial charge on any atom is 0.0472 e. The van der Waals surface area contributed by atoms with E-state index >= 15 is 0 Å². The Kier molecular flexibility index (Phi) is 7.15. The van der Waals surface area contributed by atoms with Crippen LogP contribution >= 0.6 is 0 Å². The van der Waals surface area contributed by atoms with Gasteiger partial charge in [-0.25, -0.2) is 0 Å². The largest absolute Gasteiger partial charge is 0.381 e. The minimum atomic E-state index is 0.417. The van der Waals surface area contributed by atoms with Gasteiger partial charge in [0.15, 0.2) is 0 Å². The first kappa shape index (κ1) is 15.9. The van der Waals surface area contributed by atoms with Crippen LogP contribution in [0.25, 0.3) is 0 Å². The highest BCUT2D eigenvalue weighted by Gasteiger charge is 2.32. The third-order valence-corrected chi connectivity index (χ3v) is 3.86. The molecule has 0 aromatic carbocycles. The van der Waals surface area contributed by atoms with E-state index in [0.29, 0.717) is 5.41 Å². The Morgan fingerprint density at radius 3 is 2.33 bits per heavy atom. The lowest BCUT2D eigenvalue weighted by molar-refractivity contribution is 0.0000527. The number of ether oxygens (including phenoxy) is 1.